The van der Waals surface area contributed by atoms with Gasteiger partial charge in [-0.25, -0.2) is 4.79 Å². The van der Waals surface area contributed by atoms with Gasteiger partial charge in [0, 0.05) is 19.5 Å². The number of amides is 1. The molecular formula is C18H34N2O4. The van der Waals surface area contributed by atoms with Gasteiger partial charge in [0.25, 0.3) is 0 Å². The van der Waals surface area contributed by atoms with E-state index in [9.17, 15) is 4.79 Å². The Kier molecular flexibility index (Phi) is 6.51. The van der Waals surface area contributed by atoms with Crippen LogP contribution in [0.3, 0.4) is 0 Å². The first-order chi connectivity index (χ1) is 11.2. The van der Waals surface area contributed by atoms with Crippen LogP contribution in [0, 0.1) is 11.8 Å². The van der Waals surface area contributed by atoms with Crippen LogP contribution in [0.2, 0.25) is 0 Å². The molecule has 2 rings (SSSR count). The van der Waals surface area contributed by atoms with Crippen LogP contribution in [0.25, 0.3) is 0 Å². The topological polar surface area (TPSA) is 60.0 Å². The van der Waals surface area contributed by atoms with Crippen molar-refractivity contribution in [1.29, 1.82) is 0 Å². The van der Waals surface area contributed by atoms with Crippen LogP contribution in [0.5, 0.6) is 0 Å². The number of likely N-dealkylation sites (tertiary alicyclic amines) is 1. The fourth-order valence-corrected chi connectivity index (χ4v) is 3.33. The second-order valence-corrected chi connectivity index (χ2v) is 8.33. The largest absolute Gasteiger partial charge is 0.444 e. The van der Waals surface area contributed by atoms with Crippen molar-refractivity contribution in [2.75, 3.05) is 39.4 Å². The number of carbonyl (C=O) groups is 1. The number of alkyl carbamates (subject to hydrolysis) is 1. The molecule has 6 heteroatoms. The van der Waals surface area contributed by atoms with E-state index in [2.05, 4.69) is 24.1 Å². The predicted molar refractivity (Wildman–Crippen MR) is 92.9 cm³/mol. The molecule has 2 fully saturated rings. The van der Waals surface area contributed by atoms with Gasteiger partial charge in [0.15, 0.2) is 5.79 Å². The fourth-order valence-electron chi connectivity index (χ4n) is 3.33. The second kappa shape index (κ2) is 8.02. The third kappa shape index (κ3) is 5.90. The van der Waals surface area contributed by atoms with Crippen LogP contribution in [-0.2, 0) is 14.2 Å². The average molecular weight is 342 g/mol. The number of piperidine rings is 1. The van der Waals surface area contributed by atoms with E-state index in [-0.39, 0.29) is 6.09 Å². The van der Waals surface area contributed by atoms with Gasteiger partial charge in [0.05, 0.1) is 19.8 Å². The molecule has 1 atom stereocenters. The molecule has 24 heavy (non-hydrogen) atoms. The summed E-state index contributed by atoms with van der Waals surface area (Å²) in [6.45, 7) is 14.9. The fraction of sp³-hybridized carbons (Fsp3) is 0.944. The minimum Gasteiger partial charge on any atom is -0.444 e. The minimum absolute atomic E-state index is 0.342. The lowest BCUT2D eigenvalue weighted by Crippen LogP contribution is -2.51. The highest BCUT2D eigenvalue weighted by atomic mass is 16.7. The normalized spacial score (nSPS) is 22.8. The smallest absolute Gasteiger partial charge is 0.407 e. The van der Waals surface area contributed by atoms with Gasteiger partial charge in [-0.1, -0.05) is 13.8 Å². The van der Waals surface area contributed by atoms with Crippen LogP contribution in [0.15, 0.2) is 0 Å². The molecule has 0 aliphatic carbocycles. The van der Waals surface area contributed by atoms with Crippen LogP contribution >= 0.6 is 0 Å². The Morgan fingerprint density at radius 1 is 1.29 bits per heavy atom. The SMILES string of the molecule is CC(C)C(CNC(=O)OC(C)(C)C)CN1CCCC2(C1)OCCO2. The van der Waals surface area contributed by atoms with Gasteiger partial charge in [0.1, 0.15) is 5.60 Å². The van der Waals surface area contributed by atoms with E-state index in [1.165, 1.54) is 0 Å². The van der Waals surface area contributed by atoms with E-state index in [0.717, 1.165) is 32.5 Å². The first kappa shape index (κ1) is 19.5. The third-order valence-corrected chi connectivity index (χ3v) is 4.65. The highest BCUT2D eigenvalue weighted by Crippen LogP contribution is 2.30. The first-order valence-corrected chi connectivity index (χ1v) is 9.16. The Labute approximate surface area is 146 Å². The molecule has 0 aromatic rings. The number of nitrogens with one attached hydrogen (secondary N) is 1. The maximum atomic E-state index is 11.9. The molecule has 1 spiro atoms. The van der Waals surface area contributed by atoms with Gasteiger partial charge < -0.3 is 19.5 Å². The summed E-state index contributed by atoms with van der Waals surface area (Å²) in [5, 5.41) is 2.92. The highest BCUT2D eigenvalue weighted by Gasteiger charge is 2.41. The van der Waals surface area contributed by atoms with Crippen molar-refractivity contribution >= 4 is 6.09 Å². The molecule has 0 radical (unpaired) electrons. The van der Waals surface area contributed by atoms with E-state index >= 15 is 0 Å². The molecule has 0 saturated carbocycles. The van der Waals surface area contributed by atoms with Crippen molar-refractivity contribution in [3.05, 3.63) is 0 Å². The monoisotopic (exact) mass is 342 g/mol. The number of hydrogen-bond donors (Lipinski definition) is 1. The highest BCUT2D eigenvalue weighted by molar-refractivity contribution is 5.67. The summed E-state index contributed by atoms with van der Waals surface area (Å²) in [6, 6.07) is 0. The van der Waals surface area contributed by atoms with Crippen LogP contribution in [-0.4, -0.2) is 61.8 Å². The summed E-state index contributed by atoms with van der Waals surface area (Å²) in [6.07, 6.45) is 1.72. The molecule has 0 aromatic carbocycles. The lowest BCUT2D eigenvalue weighted by atomic mass is 9.93. The molecule has 1 N–H and O–H groups in total. The van der Waals surface area contributed by atoms with Crippen molar-refractivity contribution in [2.45, 2.75) is 58.8 Å². The summed E-state index contributed by atoms with van der Waals surface area (Å²) in [5.41, 5.74) is -0.464. The first-order valence-electron chi connectivity index (χ1n) is 9.16. The lowest BCUT2D eigenvalue weighted by Gasteiger charge is -2.40. The zero-order valence-electron chi connectivity index (χ0n) is 15.9. The molecule has 2 heterocycles. The van der Waals surface area contributed by atoms with Gasteiger partial charge >= 0.3 is 6.09 Å². The zero-order chi connectivity index (χ0) is 17.8. The standard InChI is InChI=1S/C18H34N2O4/c1-14(2)15(11-19-16(21)24-17(3,4)5)12-20-8-6-7-18(13-20)22-9-10-23-18/h14-15H,6-13H2,1-5H3,(H,19,21). The molecule has 0 bridgehead atoms. The number of nitrogens with zero attached hydrogens (tertiary/aromatic N) is 1. The Hall–Kier alpha value is -0.850. The summed E-state index contributed by atoms with van der Waals surface area (Å²) < 4.78 is 17.0. The summed E-state index contributed by atoms with van der Waals surface area (Å²) in [5.74, 6) is 0.454. The minimum atomic E-state index is -0.464. The molecular weight excluding hydrogens is 308 g/mol. The maximum absolute atomic E-state index is 11.9. The Balaban J connectivity index is 1.83. The van der Waals surface area contributed by atoms with Gasteiger partial charge in [-0.15, -0.1) is 0 Å². The van der Waals surface area contributed by atoms with Crippen molar-refractivity contribution < 1.29 is 19.0 Å². The molecule has 140 valence electrons. The van der Waals surface area contributed by atoms with E-state index in [1.54, 1.807) is 0 Å². The summed E-state index contributed by atoms with van der Waals surface area (Å²) >= 11 is 0. The Morgan fingerprint density at radius 2 is 1.96 bits per heavy atom. The molecule has 6 nitrogen and oxygen atoms in total. The van der Waals surface area contributed by atoms with E-state index in [0.29, 0.717) is 31.6 Å². The molecule has 2 aliphatic heterocycles. The van der Waals surface area contributed by atoms with E-state index in [1.807, 2.05) is 20.8 Å². The quantitative estimate of drug-likeness (QED) is 0.832. The number of ether oxygens (including phenoxy) is 3. The van der Waals surface area contributed by atoms with Crippen LogP contribution in [0.1, 0.15) is 47.5 Å². The summed E-state index contributed by atoms with van der Waals surface area (Å²) in [4.78, 5) is 14.3. The maximum Gasteiger partial charge on any atom is 0.407 e. The van der Waals surface area contributed by atoms with Gasteiger partial charge in [-0.05, 0) is 45.6 Å². The van der Waals surface area contributed by atoms with E-state index < -0.39 is 11.4 Å². The predicted octanol–water partition coefficient (Wildman–Crippen LogP) is 2.62. The Bertz CT molecular complexity index is 414. The molecule has 2 saturated heterocycles. The van der Waals surface area contributed by atoms with Crippen molar-refractivity contribution in [2.24, 2.45) is 11.8 Å². The summed E-state index contributed by atoms with van der Waals surface area (Å²) in [7, 11) is 0. The second-order valence-electron chi connectivity index (χ2n) is 8.33. The number of rotatable bonds is 5. The van der Waals surface area contributed by atoms with Gasteiger partial charge in [0.2, 0.25) is 0 Å². The molecule has 2 aliphatic rings. The molecule has 1 unspecified atom stereocenters. The molecule has 1 amide bonds. The van der Waals surface area contributed by atoms with Gasteiger partial charge in [-0.2, -0.15) is 0 Å². The zero-order valence-corrected chi connectivity index (χ0v) is 15.9. The lowest BCUT2D eigenvalue weighted by molar-refractivity contribution is -0.190. The van der Waals surface area contributed by atoms with Crippen LogP contribution < -0.4 is 5.32 Å². The van der Waals surface area contributed by atoms with Crippen LogP contribution in [0.4, 0.5) is 4.79 Å². The van der Waals surface area contributed by atoms with Gasteiger partial charge in [-0.3, -0.25) is 4.90 Å². The Morgan fingerprint density at radius 3 is 2.54 bits per heavy atom. The third-order valence-electron chi connectivity index (χ3n) is 4.65. The number of hydrogen-bond acceptors (Lipinski definition) is 5. The van der Waals surface area contributed by atoms with Crippen molar-refractivity contribution in [3.63, 3.8) is 0 Å². The molecule has 0 aromatic heterocycles. The number of carbonyl (C=O) groups excluding carboxylic acids is 1. The average Bonchev–Trinajstić information content (AvgIpc) is 2.89. The van der Waals surface area contributed by atoms with Crippen molar-refractivity contribution in [1.82, 2.24) is 10.2 Å². The van der Waals surface area contributed by atoms with E-state index in [4.69, 9.17) is 14.2 Å². The van der Waals surface area contributed by atoms with Crippen molar-refractivity contribution in [3.8, 4) is 0 Å².